The third-order valence-corrected chi connectivity index (χ3v) is 2.05. The molecule has 0 bridgehead atoms. The molecule has 2 rings (SSSR count). The fourth-order valence-electron chi connectivity index (χ4n) is 1.34. The van der Waals surface area contributed by atoms with Crippen LogP contribution in [-0.4, -0.2) is 30.8 Å². The topological polar surface area (TPSA) is 80.9 Å². The molecule has 1 N–H and O–H groups in total. The highest BCUT2D eigenvalue weighted by atomic mass is 16.4. The zero-order valence-electron chi connectivity index (χ0n) is 8.88. The molecule has 6 heteroatoms. The van der Waals surface area contributed by atoms with E-state index in [9.17, 15) is 4.79 Å². The molecule has 0 atom stereocenters. The largest absolute Gasteiger partial charge is 0.476 e. The van der Waals surface area contributed by atoms with E-state index < -0.39 is 5.97 Å². The van der Waals surface area contributed by atoms with Crippen molar-refractivity contribution >= 4 is 5.97 Å². The van der Waals surface area contributed by atoms with Gasteiger partial charge in [0.25, 0.3) is 0 Å². The Hall–Kier alpha value is -2.24. The Morgan fingerprint density at radius 3 is 2.56 bits per heavy atom. The van der Waals surface area contributed by atoms with E-state index in [1.165, 1.54) is 4.68 Å². The second kappa shape index (κ2) is 3.73. The van der Waals surface area contributed by atoms with E-state index in [1.807, 2.05) is 6.92 Å². The van der Waals surface area contributed by atoms with Gasteiger partial charge in [-0.1, -0.05) is 0 Å². The average Bonchev–Trinajstić information content (AvgIpc) is 2.61. The fourth-order valence-corrected chi connectivity index (χ4v) is 1.34. The van der Waals surface area contributed by atoms with Crippen LogP contribution in [0.1, 0.15) is 16.1 Å². The quantitative estimate of drug-likeness (QED) is 0.809. The van der Waals surface area contributed by atoms with Crippen molar-refractivity contribution in [1.29, 1.82) is 0 Å². The van der Waals surface area contributed by atoms with Gasteiger partial charge in [-0.05, 0) is 12.5 Å². The number of aromatic nitrogens is 4. The van der Waals surface area contributed by atoms with Crippen molar-refractivity contribution in [1.82, 2.24) is 19.7 Å². The maximum Gasteiger partial charge on any atom is 0.357 e. The molecule has 0 aromatic carbocycles. The van der Waals surface area contributed by atoms with Crippen LogP contribution in [0, 0.1) is 6.92 Å². The van der Waals surface area contributed by atoms with E-state index in [4.69, 9.17) is 5.11 Å². The first-order chi connectivity index (χ1) is 7.58. The minimum Gasteiger partial charge on any atom is -0.476 e. The normalized spacial score (nSPS) is 10.4. The van der Waals surface area contributed by atoms with Gasteiger partial charge in [0.15, 0.2) is 11.5 Å². The number of aryl methyl sites for hydroxylation is 2. The molecule has 2 aromatic rings. The number of carboxylic acids is 1. The summed E-state index contributed by atoms with van der Waals surface area (Å²) in [5.41, 5.74) is 1.31. The van der Waals surface area contributed by atoms with Gasteiger partial charge in [-0.2, -0.15) is 5.10 Å². The van der Waals surface area contributed by atoms with Gasteiger partial charge in [0.2, 0.25) is 0 Å². The van der Waals surface area contributed by atoms with Crippen molar-refractivity contribution in [2.24, 2.45) is 7.05 Å². The van der Waals surface area contributed by atoms with Crippen molar-refractivity contribution in [3.8, 4) is 11.4 Å². The molecule has 0 amide bonds. The van der Waals surface area contributed by atoms with Crippen molar-refractivity contribution in [3.63, 3.8) is 0 Å². The molecule has 0 aliphatic heterocycles. The second-order valence-electron chi connectivity index (χ2n) is 3.45. The monoisotopic (exact) mass is 218 g/mol. The summed E-state index contributed by atoms with van der Waals surface area (Å²) in [6.45, 7) is 1.87. The van der Waals surface area contributed by atoms with E-state index in [2.05, 4.69) is 15.1 Å². The van der Waals surface area contributed by atoms with E-state index >= 15 is 0 Å². The SMILES string of the molecule is Cc1cnc(-c2cn(C)nc2C(=O)O)nc1. The predicted molar refractivity (Wildman–Crippen MR) is 55.9 cm³/mol. The molecule has 0 unspecified atom stereocenters. The van der Waals surface area contributed by atoms with E-state index in [0.29, 0.717) is 11.4 Å². The number of carbonyl (C=O) groups is 1. The summed E-state index contributed by atoms with van der Waals surface area (Å²) >= 11 is 0. The lowest BCUT2D eigenvalue weighted by atomic mass is 10.2. The van der Waals surface area contributed by atoms with Gasteiger partial charge < -0.3 is 5.11 Å². The predicted octanol–water partition coefficient (Wildman–Crippen LogP) is 0.884. The Morgan fingerprint density at radius 1 is 1.38 bits per heavy atom. The summed E-state index contributed by atoms with van der Waals surface area (Å²) in [5.74, 6) is -0.712. The molecule has 0 fully saturated rings. The van der Waals surface area contributed by atoms with Crippen molar-refractivity contribution in [2.45, 2.75) is 6.92 Å². The molecule has 2 aromatic heterocycles. The molecule has 0 aliphatic carbocycles. The lowest BCUT2D eigenvalue weighted by Crippen LogP contribution is -2.01. The first-order valence-corrected chi connectivity index (χ1v) is 4.64. The summed E-state index contributed by atoms with van der Waals surface area (Å²) in [6, 6.07) is 0. The van der Waals surface area contributed by atoms with Gasteiger partial charge in [0.05, 0.1) is 5.56 Å². The summed E-state index contributed by atoms with van der Waals surface area (Å²) in [4.78, 5) is 19.1. The Balaban J connectivity index is 2.55. The second-order valence-corrected chi connectivity index (χ2v) is 3.45. The Kier molecular flexibility index (Phi) is 2.40. The molecular formula is C10H10N4O2. The number of hydrogen-bond donors (Lipinski definition) is 1. The highest BCUT2D eigenvalue weighted by molar-refractivity contribution is 5.92. The molecule has 16 heavy (non-hydrogen) atoms. The third kappa shape index (κ3) is 1.77. The van der Waals surface area contributed by atoms with Crippen molar-refractivity contribution in [2.75, 3.05) is 0 Å². The molecular weight excluding hydrogens is 208 g/mol. The smallest absolute Gasteiger partial charge is 0.357 e. The fraction of sp³-hybridized carbons (Fsp3) is 0.200. The van der Waals surface area contributed by atoms with E-state index in [1.54, 1.807) is 25.6 Å². The first kappa shape index (κ1) is 10.3. The van der Waals surface area contributed by atoms with Crippen LogP contribution in [0.3, 0.4) is 0 Å². The van der Waals surface area contributed by atoms with Crippen LogP contribution in [-0.2, 0) is 7.05 Å². The average molecular weight is 218 g/mol. The maximum atomic E-state index is 10.9. The van der Waals surface area contributed by atoms with Crippen LogP contribution in [0.4, 0.5) is 0 Å². The molecule has 0 saturated heterocycles. The van der Waals surface area contributed by atoms with Crippen LogP contribution in [0.5, 0.6) is 0 Å². The number of aromatic carboxylic acids is 1. The van der Waals surface area contributed by atoms with Gasteiger partial charge in [0.1, 0.15) is 0 Å². The third-order valence-electron chi connectivity index (χ3n) is 2.05. The number of hydrogen-bond acceptors (Lipinski definition) is 4. The Morgan fingerprint density at radius 2 is 2.00 bits per heavy atom. The van der Waals surface area contributed by atoms with Gasteiger partial charge in [-0.3, -0.25) is 4.68 Å². The van der Waals surface area contributed by atoms with E-state index in [-0.39, 0.29) is 5.69 Å². The highest BCUT2D eigenvalue weighted by Crippen LogP contribution is 2.18. The highest BCUT2D eigenvalue weighted by Gasteiger charge is 2.17. The van der Waals surface area contributed by atoms with Crippen LogP contribution in [0.25, 0.3) is 11.4 Å². The van der Waals surface area contributed by atoms with Gasteiger partial charge in [0, 0.05) is 25.6 Å². The lowest BCUT2D eigenvalue weighted by molar-refractivity contribution is 0.0690. The van der Waals surface area contributed by atoms with Crippen molar-refractivity contribution in [3.05, 3.63) is 29.8 Å². The molecule has 0 aliphatic rings. The van der Waals surface area contributed by atoms with E-state index in [0.717, 1.165) is 5.56 Å². The Labute approximate surface area is 91.6 Å². The minimum absolute atomic E-state index is 0.0358. The lowest BCUT2D eigenvalue weighted by Gasteiger charge is -1.97. The minimum atomic E-state index is -1.08. The molecule has 0 radical (unpaired) electrons. The van der Waals surface area contributed by atoms with Crippen LogP contribution >= 0.6 is 0 Å². The first-order valence-electron chi connectivity index (χ1n) is 4.64. The van der Waals surface area contributed by atoms with Crippen LogP contribution < -0.4 is 0 Å². The van der Waals surface area contributed by atoms with Crippen molar-refractivity contribution < 1.29 is 9.90 Å². The maximum absolute atomic E-state index is 10.9. The number of carboxylic acid groups (broad SMARTS) is 1. The summed E-state index contributed by atoms with van der Waals surface area (Å²) in [6.07, 6.45) is 4.87. The Bertz CT molecular complexity index is 530. The molecule has 0 spiro atoms. The number of nitrogens with zero attached hydrogens (tertiary/aromatic N) is 4. The molecule has 82 valence electrons. The van der Waals surface area contributed by atoms with Gasteiger partial charge in [-0.25, -0.2) is 14.8 Å². The van der Waals surface area contributed by atoms with Crippen LogP contribution in [0.15, 0.2) is 18.6 Å². The zero-order valence-corrected chi connectivity index (χ0v) is 8.88. The number of rotatable bonds is 2. The zero-order chi connectivity index (χ0) is 11.7. The molecule has 6 nitrogen and oxygen atoms in total. The summed E-state index contributed by atoms with van der Waals surface area (Å²) < 4.78 is 1.43. The molecule has 2 heterocycles. The van der Waals surface area contributed by atoms with Crippen LogP contribution in [0.2, 0.25) is 0 Å². The van der Waals surface area contributed by atoms with Gasteiger partial charge in [-0.15, -0.1) is 0 Å². The standard InChI is InChI=1S/C10H10N4O2/c1-6-3-11-9(12-4-6)7-5-14(2)13-8(7)10(15)16/h3-5H,1-2H3,(H,15,16). The summed E-state index contributed by atoms with van der Waals surface area (Å²) in [5, 5.41) is 12.8. The summed E-state index contributed by atoms with van der Waals surface area (Å²) in [7, 11) is 1.66. The molecule has 0 saturated carbocycles. The van der Waals surface area contributed by atoms with Gasteiger partial charge >= 0.3 is 5.97 Å².